The van der Waals surface area contributed by atoms with Crippen LogP contribution in [0.25, 0.3) is 0 Å². The van der Waals surface area contributed by atoms with Crippen molar-refractivity contribution < 1.29 is 0 Å². The quantitative estimate of drug-likeness (QED) is 0.908. The summed E-state index contributed by atoms with van der Waals surface area (Å²) in [5.41, 5.74) is 2.63. The van der Waals surface area contributed by atoms with Crippen molar-refractivity contribution >= 4 is 11.3 Å². The van der Waals surface area contributed by atoms with E-state index in [4.69, 9.17) is 0 Å². The standard InChI is InChI=1S/C15H20N2S/c1-15(2,3)16-10-14-17-13(11-18-14)9-12-7-5-4-6-8-12/h4-8,11,16H,9-10H2,1-3H3. The maximum absolute atomic E-state index is 4.66. The number of hydrogen-bond donors (Lipinski definition) is 1. The average Bonchev–Trinajstić information content (AvgIpc) is 2.75. The minimum absolute atomic E-state index is 0.144. The van der Waals surface area contributed by atoms with E-state index in [1.807, 2.05) is 6.07 Å². The number of benzene rings is 1. The lowest BCUT2D eigenvalue weighted by Gasteiger charge is -2.19. The van der Waals surface area contributed by atoms with E-state index in [0.29, 0.717) is 0 Å². The molecule has 1 heterocycles. The third kappa shape index (κ3) is 4.24. The van der Waals surface area contributed by atoms with Crippen molar-refractivity contribution in [3.05, 3.63) is 52.0 Å². The molecule has 2 nitrogen and oxygen atoms in total. The van der Waals surface area contributed by atoms with Gasteiger partial charge in [0.25, 0.3) is 0 Å². The van der Waals surface area contributed by atoms with E-state index in [9.17, 15) is 0 Å². The summed E-state index contributed by atoms with van der Waals surface area (Å²) < 4.78 is 0. The fourth-order valence-electron chi connectivity index (χ4n) is 1.66. The highest BCUT2D eigenvalue weighted by molar-refractivity contribution is 7.09. The summed E-state index contributed by atoms with van der Waals surface area (Å²) in [5, 5.41) is 6.79. The van der Waals surface area contributed by atoms with Crippen LogP contribution in [-0.4, -0.2) is 10.5 Å². The monoisotopic (exact) mass is 260 g/mol. The summed E-state index contributed by atoms with van der Waals surface area (Å²) in [6, 6.07) is 10.5. The minimum atomic E-state index is 0.144. The molecule has 0 aliphatic carbocycles. The molecular formula is C15H20N2S. The zero-order valence-corrected chi connectivity index (χ0v) is 12.1. The molecule has 0 aliphatic heterocycles. The molecule has 0 spiro atoms. The minimum Gasteiger partial charge on any atom is -0.306 e. The second kappa shape index (κ2) is 5.63. The summed E-state index contributed by atoms with van der Waals surface area (Å²) in [5.74, 6) is 0. The van der Waals surface area contributed by atoms with Gasteiger partial charge in [0.1, 0.15) is 5.01 Å². The normalized spacial score (nSPS) is 11.7. The smallest absolute Gasteiger partial charge is 0.107 e. The molecule has 0 radical (unpaired) electrons. The molecule has 0 bridgehead atoms. The zero-order valence-electron chi connectivity index (χ0n) is 11.2. The van der Waals surface area contributed by atoms with E-state index in [-0.39, 0.29) is 5.54 Å². The van der Waals surface area contributed by atoms with Crippen LogP contribution in [0.3, 0.4) is 0 Å². The van der Waals surface area contributed by atoms with Gasteiger partial charge in [-0.3, -0.25) is 0 Å². The van der Waals surface area contributed by atoms with E-state index in [2.05, 4.69) is 60.7 Å². The fourth-order valence-corrected chi connectivity index (χ4v) is 2.39. The van der Waals surface area contributed by atoms with Gasteiger partial charge in [0.05, 0.1) is 5.69 Å². The highest BCUT2D eigenvalue weighted by atomic mass is 32.1. The molecule has 0 atom stereocenters. The van der Waals surface area contributed by atoms with Gasteiger partial charge < -0.3 is 5.32 Å². The first-order chi connectivity index (χ1) is 8.53. The highest BCUT2D eigenvalue weighted by Crippen LogP contribution is 2.14. The topological polar surface area (TPSA) is 24.9 Å². The molecule has 96 valence electrons. The zero-order chi connectivity index (χ0) is 13.0. The Labute approximate surface area is 113 Å². The molecule has 0 saturated carbocycles. The Morgan fingerprint density at radius 2 is 1.89 bits per heavy atom. The fraction of sp³-hybridized carbons (Fsp3) is 0.400. The van der Waals surface area contributed by atoms with Crippen molar-refractivity contribution in [1.82, 2.24) is 10.3 Å². The first-order valence-corrected chi connectivity index (χ1v) is 7.13. The van der Waals surface area contributed by atoms with Gasteiger partial charge in [-0.15, -0.1) is 11.3 Å². The molecular weight excluding hydrogens is 240 g/mol. The Balaban J connectivity index is 1.94. The summed E-state index contributed by atoms with van der Waals surface area (Å²) in [4.78, 5) is 4.66. The van der Waals surface area contributed by atoms with Crippen LogP contribution in [0.1, 0.15) is 37.0 Å². The van der Waals surface area contributed by atoms with Crippen LogP contribution in [-0.2, 0) is 13.0 Å². The lowest BCUT2D eigenvalue weighted by molar-refractivity contribution is 0.423. The molecule has 2 rings (SSSR count). The predicted octanol–water partition coefficient (Wildman–Crippen LogP) is 3.62. The van der Waals surface area contributed by atoms with Crippen molar-refractivity contribution in [3.8, 4) is 0 Å². The average molecular weight is 260 g/mol. The summed E-state index contributed by atoms with van der Waals surface area (Å²) in [7, 11) is 0. The van der Waals surface area contributed by atoms with Crippen LogP contribution in [0.4, 0.5) is 0 Å². The van der Waals surface area contributed by atoms with Crippen LogP contribution in [0.15, 0.2) is 35.7 Å². The molecule has 18 heavy (non-hydrogen) atoms. The van der Waals surface area contributed by atoms with E-state index in [1.165, 1.54) is 5.56 Å². The second-order valence-electron chi connectivity index (χ2n) is 5.50. The van der Waals surface area contributed by atoms with Crippen molar-refractivity contribution in [2.75, 3.05) is 0 Å². The van der Waals surface area contributed by atoms with Gasteiger partial charge in [0.2, 0.25) is 0 Å². The highest BCUT2D eigenvalue weighted by Gasteiger charge is 2.10. The summed E-state index contributed by atoms with van der Waals surface area (Å²) in [6.07, 6.45) is 0.923. The Morgan fingerprint density at radius 1 is 1.17 bits per heavy atom. The second-order valence-corrected chi connectivity index (χ2v) is 6.44. The van der Waals surface area contributed by atoms with Gasteiger partial charge in [-0.2, -0.15) is 0 Å². The lowest BCUT2D eigenvalue weighted by atomic mass is 10.1. The van der Waals surface area contributed by atoms with Crippen molar-refractivity contribution in [2.24, 2.45) is 0 Å². The van der Waals surface area contributed by atoms with Crippen LogP contribution in [0.5, 0.6) is 0 Å². The SMILES string of the molecule is CC(C)(C)NCc1nc(Cc2ccccc2)cs1. The number of nitrogens with zero attached hydrogens (tertiary/aromatic N) is 1. The first kappa shape index (κ1) is 13.2. The van der Waals surface area contributed by atoms with E-state index < -0.39 is 0 Å². The van der Waals surface area contributed by atoms with E-state index >= 15 is 0 Å². The third-order valence-corrected chi connectivity index (χ3v) is 3.49. The van der Waals surface area contributed by atoms with Gasteiger partial charge in [-0.1, -0.05) is 30.3 Å². The Morgan fingerprint density at radius 3 is 2.56 bits per heavy atom. The van der Waals surface area contributed by atoms with E-state index in [0.717, 1.165) is 23.7 Å². The summed E-state index contributed by atoms with van der Waals surface area (Å²) >= 11 is 1.74. The van der Waals surface area contributed by atoms with Crippen molar-refractivity contribution in [1.29, 1.82) is 0 Å². The number of rotatable bonds is 4. The molecule has 3 heteroatoms. The van der Waals surface area contributed by atoms with E-state index in [1.54, 1.807) is 11.3 Å². The molecule has 0 fully saturated rings. The number of nitrogens with one attached hydrogen (secondary N) is 1. The molecule has 1 N–H and O–H groups in total. The van der Waals surface area contributed by atoms with Gasteiger partial charge in [-0.05, 0) is 26.3 Å². The van der Waals surface area contributed by atoms with Crippen molar-refractivity contribution in [3.63, 3.8) is 0 Å². The van der Waals surface area contributed by atoms with Crippen LogP contribution in [0.2, 0.25) is 0 Å². The predicted molar refractivity (Wildman–Crippen MR) is 78.0 cm³/mol. The molecule has 0 saturated heterocycles. The molecule has 2 aromatic rings. The van der Waals surface area contributed by atoms with Gasteiger partial charge in [0.15, 0.2) is 0 Å². The van der Waals surface area contributed by atoms with Crippen LogP contribution >= 0.6 is 11.3 Å². The van der Waals surface area contributed by atoms with Crippen LogP contribution in [0, 0.1) is 0 Å². The molecule has 0 unspecified atom stereocenters. The molecule has 1 aromatic carbocycles. The van der Waals surface area contributed by atoms with Crippen molar-refractivity contribution in [2.45, 2.75) is 39.3 Å². The van der Waals surface area contributed by atoms with Gasteiger partial charge in [0, 0.05) is 23.9 Å². The molecule has 1 aromatic heterocycles. The first-order valence-electron chi connectivity index (χ1n) is 6.25. The molecule has 0 amide bonds. The molecule has 0 aliphatic rings. The summed E-state index contributed by atoms with van der Waals surface area (Å²) in [6.45, 7) is 7.37. The maximum Gasteiger partial charge on any atom is 0.107 e. The Kier molecular flexibility index (Phi) is 4.15. The Hall–Kier alpha value is -1.19. The Bertz CT molecular complexity index is 483. The maximum atomic E-state index is 4.66. The lowest BCUT2D eigenvalue weighted by Crippen LogP contribution is -2.35. The number of thiazole rings is 1. The van der Waals surface area contributed by atoms with Crippen LogP contribution < -0.4 is 5.32 Å². The van der Waals surface area contributed by atoms with Gasteiger partial charge in [-0.25, -0.2) is 4.98 Å². The largest absolute Gasteiger partial charge is 0.306 e. The third-order valence-electron chi connectivity index (χ3n) is 2.60. The number of hydrogen-bond acceptors (Lipinski definition) is 3. The number of aromatic nitrogens is 1. The van der Waals surface area contributed by atoms with Gasteiger partial charge >= 0.3 is 0 Å².